The molecule has 2 aromatic rings. The van der Waals surface area contributed by atoms with Gasteiger partial charge in [-0.3, -0.25) is 9.79 Å². The molecular formula is C15H19N3OS. The van der Waals surface area contributed by atoms with Crippen molar-refractivity contribution in [3.8, 4) is 0 Å². The fourth-order valence-electron chi connectivity index (χ4n) is 2.09. The first-order valence-electron chi connectivity index (χ1n) is 6.54. The normalized spacial score (nSPS) is 11.8. The van der Waals surface area contributed by atoms with Gasteiger partial charge in [-0.1, -0.05) is 18.2 Å². The second-order valence-corrected chi connectivity index (χ2v) is 5.44. The Morgan fingerprint density at radius 2 is 2.20 bits per heavy atom. The van der Waals surface area contributed by atoms with E-state index in [1.54, 1.807) is 18.8 Å². The molecule has 5 heteroatoms. The predicted octanol–water partition coefficient (Wildman–Crippen LogP) is 2.26. The van der Waals surface area contributed by atoms with Crippen molar-refractivity contribution in [2.24, 2.45) is 4.99 Å². The number of carbonyl (C=O) groups excluding carboxylic acids is 1. The molecule has 0 radical (unpaired) electrons. The van der Waals surface area contributed by atoms with Gasteiger partial charge < -0.3 is 10.3 Å². The number of benzene rings is 1. The number of rotatable bonds is 6. The smallest absolute Gasteiger partial charge is 0.265 e. The van der Waals surface area contributed by atoms with Crippen LogP contribution >= 0.6 is 11.8 Å². The summed E-state index contributed by atoms with van der Waals surface area (Å²) in [6.07, 6.45) is 4.52. The lowest BCUT2D eigenvalue weighted by atomic mass is 10.1. The van der Waals surface area contributed by atoms with Gasteiger partial charge in [-0.15, -0.1) is 0 Å². The van der Waals surface area contributed by atoms with Gasteiger partial charge in [0.1, 0.15) is 5.71 Å². The molecular weight excluding hydrogens is 270 g/mol. The molecule has 0 atom stereocenters. The van der Waals surface area contributed by atoms with Crippen molar-refractivity contribution < 1.29 is 4.79 Å². The van der Waals surface area contributed by atoms with Crippen molar-refractivity contribution in [3.63, 3.8) is 0 Å². The van der Waals surface area contributed by atoms with Gasteiger partial charge in [-0.05, 0) is 17.9 Å². The Morgan fingerprint density at radius 1 is 1.40 bits per heavy atom. The molecule has 20 heavy (non-hydrogen) atoms. The molecule has 1 amide bonds. The summed E-state index contributed by atoms with van der Waals surface area (Å²) in [6.45, 7) is 0.674. The summed E-state index contributed by atoms with van der Waals surface area (Å²) >= 11 is 1.71. The maximum Gasteiger partial charge on any atom is 0.265 e. The number of hydrogen-bond acceptors (Lipinski definition) is 3. The van der Waals surface area contributed by atoms with E-state index in [1.807, 2.05) is 30.7 Å². The summed E-state index contributed by atoms with van der Waals surface area (Å²) in [5.74, 6) is 0.836. The zero-order valence-corrected chi connectivity index (χ0v) is 12.6. The summed E-state index contributed by atoms with van der Waals surface area (Å²) in [7, 11) is 1.67. The molecule has 0 aliphatic carbocycles. The average Bonchev–Trinajstić information content (AvgIpc) is 2.88. The molecule has 1 heterocycles. The molecule has 0 saturated carbocycles. The van der Waals surface area contributed by atoms with Gasteiger partial charge >= 0.3 is 0 Å². The summed E-state index contributed by atoms with van der Waals surface area (Å²) in [6, 6.07) is 8.08. The number of amides is 1. The summed E-state index contributed by atoms with van der Waals surface area (Å²) in [4.78, 5) is 19.4. The van der Waals surface area contributed by atoms with Gasteiger partial charge in [0.15, 0.2) is 0 Å². The van der Waals surface area contributed by atoms with E-state index in [2.05, 4.69) is 21.4 Å². The Labute approximate surface area is 123 Å². The van der Waals surface area contributed by atoms with Gasteiger partial charge in [0, 0.05) is 42.9 Å². The highest BCUT2D eigenvalue weighted by atomic mass is 32.2. The van der Waals surface area contributed by atoms with Crippen LogP contribution in [0.5, 0.6) is 0 Å². The highest BCUT2D eigenvalue weighted by molar-refractivity contribution is 7.98. The molecule has 0 aliphatic rings. The van der Waals surface area contributed by atoms with Crippen molar-refractivity contribution in [2.75, 3.05) is 25.6 Å². The molecule has 4 nitrogen and oxygen atoms in total. The van der Waals surface area contributed by atoms with Crippen LogP contribution in [0.4, 0.5) is 0 Å². The molecule has 0 saturated heterocycles. The summed E-state index contributed by atoms with van der Waals surface area (Å²) in [5, 5.41) is 4.04. The fraction of sp³-hybridized carbons (Fsp3) is 0.333. The summed E-state index contributed by atoms with van der Waals surface area (Å²) in [5.41, 5.74) is 2.75. The van der Waals surface area contributed by atoms with Crippen LogP contribution in [0.25, 0.3) is 10.9 Å². The van der Waals surface area contributed by atoms with Gasteiger partial charge in [-0.2, -0.15) is 11.8 Å². The quantitative estimate of drug-likeness (QED) is 0.633. The first-order valence-corrected chi connectivity index (χ1v) is 7.93. The van der Waals surface area contributed by atoms with Crippen LogP contribution < -0.4 is 5.32 Å². The number of fused-ring (bicyclic) bond motifs is 1. The molecule has 0 aliphatic heterocycles. The molecule has 0 spiro atoms. The number of thioether (sulfide) groups is 1. The van der Waals surface area contributed by atoms with Crippen molar-refractivity contribution in [1.82, 2.24) is 10.3 Å². The van der Waals surface area contributed by atoms with E-state index in [1.165, 1.54) is 0 Å². The zero-order chi connectivity index (χ0) is 14.4. The fourth-order valence-corrected chi connectivity index (χ4v) is 2.39. The van der Waals surface area contributed by atoms with E-state index in [9.17, 15) is 4.79 Å². The number of H-pyrrole nitrogens is 1. The minimum Gasteiger partial charge on any atom is -0.361 e. The molecule has 106 valence electrons. The minimum atomic E-state index is -0.0770. The number of nitrogens with one attached hydrogen (secondary N) is 2. The number of nitrogens with zero attached hydrogens (tertiary/aromatic N) is 1. The van der Waals surface area contributed by atoms with Crippen LogP contribution in [0.3, 0.4) is 0 Å². The van der Waals surface area contributed by atoms with E-state index in [-0.39, 0.29) is 5.91 Å². The number of carbonyl (C=O) groups is 1. The lowest BCUT2D eigenvalue weighted by molar-refractivity contribution is -0.114. The van der Waals surface area contributed by atoms with Crippen molar-refractivity contribution in [3.05, 3.63) is 36.0 Å². The first kappa shape index (κ1) is 14.7. The Balaban J connectivity index is 2.08. The third-order valence-electron chi connectivity index (χ3n) is 3.16. The van der Waals surface area contributed by atoms with Gasteiger partial charge in [0.2, 0.25) is 0 Å². The largest absolute Gasteiger partial charge is 0.361 e. The molecule has 0 fully saturated rings. The molecule has 0 unspecified atom stereocenters. The van der Waals surface area contributed by atoms with E-state index >= 15 is 0 Å². The van der Waals surface area contributed by atoms with E-state index < -0.39 is 0 Å². The standard InChI is InChI=1S/C15H19N3OS/c1-16-14(15(19)17-7-8-20-2)9-11-10-18-13-6-4-3-5-12(11)13/h3-6,10,18H,7-9H2,1-2H3,(H,17,19). The molecule has 2 N–H and O–H groups in total. The molecule has 2 rings (SSSR count). The minimum absolute atomic E-state index is 0.0770. The van der Waals surface area contributed by atoms with E-state index in [0.29, 0.717) is 18.7 Å². The average molecular weight is 289 g/mol. The van der Waals surface area contributed by atoms with Crippen LogP contribution in [0.1, 0.15) is 5.56 Å². The summed E-state index contributed by atoms with van der Waals surface area (Å²) < 4.78 is 0. The van der Waals surface area contributed by atoms with Gasteiger partial charge in [0.05, 0.1) is 0 Å². The Bertz CT molecular complexity index is 618. The van der Waals surface area contributed by atoms with Crippen molar-refractivity contribution >= 4 is 34.3 Å². The second-order valence-electron chi connectivity index (χ2n) is 4.46. The maximum absolute atomic E-state index is 12.1. The van der Waals surface area contributed by atoms with Gasteiger partial charge in [-0.25, -0.2) is 0 Å². The zero-order valence-electron chi connectivity index (χ0n) is 11.8. The molecule has 1 aromatic carbocycles. The Hall–Kier alpha value is -1.75. The van der Waals surface area contributed by atoms with Crippen LogP contribution in [-0.4, -0.2) is 42.2 Å². The predicted molar refractivity (Wildman–Crippen MR) is 86.8 cm³/mol. The highest BCUT2D eigenvalue weighted by Gasteiger charge is 2.13. The first-order chi connectivity index (χ1) is 9.76. The molecule has 1 aromatic heterocycles. The number of aromatic amines is 1. The van der Waals surface area contributed by atoms with Crippen LogP contribution in [0, 0.1) is 0 Å². The second kappa shape index (κ2) is 7.14. The monoisotopic (exact) mass is 289 g/mol. The molecule has 0 bridgehead atoms. The van der Waals surface area contributed by atoms with E-state index in [0.717, 1.165) is 22.2 Å². The number of aromatic nitrogens is 1. The SMILES string of the molecule is CN=C(Cc1c[nH]c2ccccc12)C(=O)NCCSC. The number of aliphatic imine (C=N–C) groups is 1. The number of hydrogen-bond donors (Lipinski definition) is 2. The lowest BCUT2D eigenvalue weighted by Crippen LogP contribution is -2.33. The lowest BCUT2D eigenvalue weighted by Gasteiger charge is -2.06. The Kier molecular flexibility index (Phi) is 5.24. The topological polar surface area (TPSA) is 57.2 Å². The third-order valence-corrected chi connectivity index (χ3v) is 3.77. The van der Waals surface area contributed by atoms with Crippen molar-refractivity contribution in [2.45, 2.75) is 6.42 Å². The van der Waals surface area contributed by atoms with Gasteiger partial charge in [0.25, 0.3) is 5.91 Å². The third kappa shape index (κ3) is 3.42. The van der Waals surface area contributed by atoms with Crippen LogP contribution in [-0.2, 0) is 11.2 Å². The van der Waals surface area contributed by atoms with Crippen LogP contribution in [0.2, 0.25) is 0 Å². The van der Waals surface area contributed by atoms with E-state index in [4.69, 9.17) is 0 Å². The maximum atomic E-state index is 12.1. The number of para-hydroxylation sites is 1. The van der Waals surface area contributed by atoms with Crippen molar-refractivity contribution in [1.29, 1.82) is 0 Å². The van der Waals surface area contributed by atoms with Crippen LogP contribution in [0.15, 0.2) is 35.5 Å². The Morgan fingerprint density at radius 3 is 2.95 bits per heavy atom. The highest BCUT2D eigenvalue weighted by Crippen LogP contribution is 2.18.